The van der Waals surface area contributed by atoms with Gasteiger partial charge in [-0.15, -0.1) is 10.2 Å². The van der Waals surface area contributed by atoms with Gasteiger partial charge in [0.25, 0.3) is 0 Å². The Kier molecular flexibility index (Phi) is 3.98. The molecule has 0 spiro atoms. The highest BCUT2D eigenvalue weighted by molar-refractivity contribution is 6.33. The Morgan fingerprint density at radius 3 is 2.68 bits per heavy atom. The van der Waals surface area contributed by atoms with Crippen molar-refractivity contribution < 1.29 is 14.6 Å². The minimum absolute atomic E-state index is 0.0232. The molecular weight excluding hydrogens is 295 g/mol. The van der Waals surface area contributed by atoms with Gasteiger partial charge in [-0.05, 0) is 12.1 Å². The highest BCUT2D eigenvalue weighted by Gasteiger charge is 2.23. The zero-order valence-electron chi connectivity index (χ0n) is 9.67. The fourth-order valence-electron chi connectivity index (χ4n) is 1.46. The number of carboxylic acid groups (broad SMARTS) is 1. The first-order valence-electron chi connectivity index (χ1n) is 5.03. The first kappa shape index (κ1) is 13.7. The molecule has 2 aromatic rings. The quantitative estimate of drug-likeness (QED) is 0.926. The van der Waals surface area contributed by atoms with E-state index in [1.54, 1.807) is 0 Å². The van der Waals surface area contributed by atoms with Crippen LogP contribution < -0.4 is 0 Å². The van der Waals surface area contributed by atoms with E-state index in [0.29, 0.717) is 0 Å². The smallest absolute Gasteiger partial charge is 0.340 e. The van der Waals surface area contributed by atoms with Crippen molar-refractivity contribution in [2.24, 2.45) is 0 Å². The monoisotopic (exact) mass is 302 g/mol. The molecule has 0 aliphatic heterocycles. The minimum atomic E-state index is -1.19. The van der Waals surface area contributed by atoms with Gasteiger partial charge in [0.15, 0.2) is 11.0 Å². The molecular formula is C10H8Cl2N4O3. The van der Waals surface area contributed by atoms with Crippen molar-refractivity contribution in [2.45, 2.75) is 6.61 Å². The third kappa shape index (κ3) is 2.67. The van der Waals surface area contributed by atoms with E-state index >= 15 is 0 Å². The van der Waals surface area contributed by atoms with Crippen LogP contribution >= 0.6 is 23.2 Å². The molecule has 0 saturated carbocycles. The van der Waals surface area contributed by atoms with Crippen molar-refractivity contribution in [3.63, 3.8) is 0 Å². The van der Waals surface area contributed by atoms with Gasteiger partial charge in [-0.2, -0.15) is 5.10 Å². The number of aromatic carboxylic acids is 1. The molecule has 0 amide bonds. The van der Waals surface area contributed by atoms with E-state index in [9.17, 15) is 4.79 Å². The number of nitrogens with zero attached hydrogens (tertiary/aromatic N) is 4. The molecule has 2 heterocycles. The largest absolute Gasteiger partial charge is 0.478 e. The Bertz CT molecular complexity index is 612. The van der Waals surface area contributed by atoms with E-state index in [0.717, 1.165) is 0 Å². The van der Waals surface area contributed by atoms with Crippen molar-refractivity contribution in [3.8, 4) is 5.82 Å². The Hall–Kier alpha value is -1.70. The number of aromatic nitrogens is 4. The van der Waals surface area contributed by atoms with E-state index < -0.39 is 5.97 Å². The third-order valence-corrected chi connectivity index (χ3v) is 2.78. The first-order chi connectivity index (χ1) is 9.04. The van der Waals surface area contributed by atoms with Crippen LogP contribution in [0.15, 0.2) is 12.1 Å². The number of hydrogen-bond donors (Lipinski definition) is 1. The number of hydrogen-bond acceptors (Lipinski definition) is 5. The fourth-order valence-corrected chi connectivity index (χ4v) is 1.88. The fraction of sp³-hybridized carbons (Fsp3) is 0.200. The summed E-state index contributed by atoms with van der Waals surface area (Å²) in [5.41, 5.74) is 0.0806. The zero-order valence-corrected chi connectivity index (χ0v) is 11.2. The molecule has 0 unspecified atom stereocenters. The Labute approximate surface area is 117 Å². The zero-order chi connectivity index (χ0) is 14.0. The Morgan fingerprint density at radius 2 is 2.16 bits per heavy atom. The summed E-state index contributed by atoms with van der Waals surface area (Å²) in [6.07, 6.45) is 0. The van der Waals surface area contributed by atoms with Gasteiger partial charge < -0.3 is 9.84 Å². The predicted octanol–water partition coefficient (Wildman–Crippen LogP) is 1.81. The van der Waals surface area contributed by atoms with Gasteiger partial charge in [-0.1, -0.05) is 23.2 Å². The minimum Gasteiger partial charge on any atom is -0.478 e. The van der Waals surface area contributed by atoms with Crippen molar-refractivity contribution in [2.75, 3.05) is 7.11 Å². The summed E-state index contributed by atoms with van der Waals surface area (Å²) in [5.74, 6) is -0.926. The summed E-state index contributed by atoms with van der Waals surface area (Å²) in [6, 6.07) is 3.02. The standard InChI is InChI=1S/C10H8Cl2N4O3/c1-19-4-5-8(10(17)18)9(12)16(15-5)7-3-2-6(11)13-14-7/h2-3H,4H2,1H3,(H,17,18). The average molecular weight is 303 g/mol. The van der Waals surface area contributed by atoms with Crippen LogP contribution in [-0.2, 0) is 11.3 Å². The van der Waals surface area contributed by atoms with Crippen LogP contribution in [0.25, 0.3) is 5.82 Å². The normalized spacial score (nSPS) is 10.7. The Morgan fingerprint density at radius 1 is 1.42 bits per heavy atom. The molecule has 9 heteroatoms. The molecule has 0 aliphatic carbocycles. The highest BCUT2D eigenvalue weighted by Crippen LogP contribution is 2.23. The summed E-state index contributed by atoms with van der Waals surface area (Å²) < 4.78 is 6.06. The van der Waals surface area contributed by atoms with Crippen LogP contribution in [0.4, 0.5) is 0 Å². The topological polar surface area (TPSA) is 90.1 Å². The van der Waals surface area contributed by atoms with Gasteiger partial charge in [0.1, 0.15) is 16.4 Å². The maximum Gasteiger partial charge on any atom is 0.340 e. The summed E-state index contributed by atoms with van der Waals surface area (Å²) in [7, 11) is 1.43. The van der Waals surface area contributed by atoms with Gasteiger partial charge in [0, 0.05) is 7.11 Å². The summed E-state index contributed by atoms with van der Waals surface area (Å²) in [4.78, 5) is 11.2. The van der Waals surface area contributed by atoms with Crippen molar-refractivity contribution in [1.29, 1.82) is 0 Å². The van der Waals surface area contributed by atoms with E-state index in [1.807, 2.05) is 0 Å². The Balaban J connectivity index is 2.55. The summed E-state index contributed by atoms with van der Waals surface area (Å²) in [5, 5.41) is 20.7. The molecule has 0 atom stereocenters. The molecule has 7 nitrogen and oxygen atoms in total. The van der Waals surface area contributed by atoms with Gasteiger partial charge in [0.05, 0.1) is 6.61 Å². The third-order valence-electron chi connectivity index (χ3n) is 2.23. The number of rotatable bonds is 4. The second-order valence-corrected chi connectivity index (χ2v) is 4.22. The molecule has 1 N–H and O–H groups in total. The van der Waals surface area contributed by atoms with E-state index in [4.69, 9.17) is 33.0 Å². The van der Waals surface area contributed by atoms with Crippen LogP contribution in [0.5, 0.6) is 0 Å². The van der Waals surface area contributed by atoms with Crippen molar-refractivity contribution in [1.82, 2.24) is 20.0 Å². The molecule has 0 bridgehead atoms. The molecule has 0 fully saturated rings. The van der Waals surface area contributed by atoms with Gasteiger partial charge in [0.2, 0.25) is 0 Å². The lowest BCUT2D eigenvalue weighted by Gasteiger charge is -2.00. The van der Waals surface area contributed by atoms with Gasteiger partial charge in [-0.3, -0.25) is 0 Å². The summed E-state index contributed by atoms with van der Waals surface area (Å²) in [6.45, 7) is 0.0232. The lowest BCUT2D eigenvalue weighted by Crippen LogP contribution is -2.02. The van der Waals surface area contributed by atoms with E-state index in [2.05, 4.69) is 15.3 Å². The SMILES string of the molecule is COCc1nn(-c2ccc(Cl)nn2)c(Cl)c1C(=O)O. The molecule has 0 aromatic carbocycles. The molecule has 2 rings (SSSR count). The van der Waals surface area contributed by atoms with Crippen LogP contribution in [0.2, 0.25) is 10.3 Å². The van der Waals surface area contributed by atoms with Crippen molar-refractivity contribution in [3.05, 3.63) is 33.7 Å². The second kappa shape index (κ2) is 5.52. The average Bonchev–Trinajstić information content (AvgIpc) is 2.68. The number of ether oxygens (including phenoxy) is 1. The number of carbonyl (C=O) groups is 1. The number of carboxylic acids is 1. The molecule has 19 heavy (non-hydrogen) atoms. The lowest BCUT2D eigenvalue weighted by atomic mass is 10.2. The molecule has 100 valence electrons. The van der Waals surface area contributed by atoms with E-state index in [-0.39, 0.29) is 34.0 Å². The molecule has 0 saturated heterocycles. The maximum atomic E-state index is 11.2. The highest BCUT2D eigenvalue weighted by atomic mass is 35.5. The van der Waals surface area contributed by atoms with Crippen LogP contribution in [-0.4, -0.2) is 38.2 Å². The summed E-state index contributed by atoms with van der Waals surface area (Å²) >= 11 is 11.6. The lowest BCUT2D eigenvalue weighted by molar-refractivity contribution is 0.0692. The van der Waals surface area contributed by atoms with Crippen LogP contribution in [0.3, 0.4) is 0 Å². The second-order valence-electron chi connectivity index (χ2n) is 3.48. The molecule has 0 radical (unpaired) electrons. The molecule has 2 aromatic heterocycles. The van der Waals surface area contributed by atoms with Gasteiger partial charge in [-0.25, -0.2) is 9.48 Å². The maximum absolute atomic E-state index is 11.2. The van der Waals surface area contributed by atoms with Gasteiger partial charge >= 0.3 is 5.97 Å². The number of halogens is 2. The van der Waals surface area contributed by atoms with Crippen molar-refractivity contribution >= 4 is 29.2 Å². The van der Waals surface area contributed by atoms with E-state index in [1.165, 1.54) is 23.9 Å². The van der Waals surface area contributed by atoms with Crippen LogP contribution in [0.1, 0.15) is 16.1 Å². The number of methoxy groups -OCH3 is 1. The first-order valence-corrected chi connectivity index (χ1v) is 5.79. The predicted molar refractivity (Wildman–Crippen MR) is 66.8 cm³/mol. The molecule has 0 aliphatic rings. The van der Waals surface area contributed by atoms with Crippen LogP contribution in [0, 0.1) is 0 Å².